The van der Waals surface area contributed by atoms with Gasteiger partial charge >= 0.3 is 0 Å². The first kappa shape index (κ1) is 5.61. The summed E-state index contributed by atoms with van der Waals surface area (Å²) < 4.78 is 4.74. The molecule has 0 aliphatic carbocycles. The maximum absolute atomic E-state index is 9.11. The van der Waals surface area contributed by atoms with Crippen LogP contribution in [0.1, 0.15) is 6.92 Å². The minimum absolute atomic E-state index is 0.369. The van der Waals surface area contributed by atoms with Crippen molar-refractivity contribution in [2.75, 3.05) is 13.2 Å². The second-order valence-corrected chi connectivity index (χ2v) is 1.90. The minimum Gasteiger partial charge on any atom is -0.373 e. The predicted octanol–water partition coefficient (Wildman–Crippen LogP) is -0.229. The molecule has 0 bridgehead atoms. The lowest BCUT2D eigenvalue weighted by Gasteiger charge is -2.30. The van der Waals surface area contributed by atoms with Crippen LogP contribution in [0.25, 0.3) is 0 Å². The average molecular weight is 112 g/mol. The van der Waals surface area contributed by atoms with Crippen LogP contribution in [0, 0.1) is 11.8 Å². The van der Waals surface area contributed by atoms with Gasteiger partial charge in [-0.1, -0.05) is 5.92 Å². The first-order chi connectivity index (χ1) is 3.77. The standard InChI is InChI=1S/C6H8O2/c1-2-3-6(7)4-8-5-6/h7H,4-5H2,1H3. The summed E-state index contributed by atoms with van der Waals surface area (Å²) >= 11 is 0. The molecule has 1 aliphatic heterocycles. The Morgan fingerprint density at radius 2 is 2.25 bits per heavy atom. The monoisotopic (exact) mass is 112 g/mol. The molecule has 2 nitrogen and oxygen atoms in total. The van der Waals surface area contributed by atoms with Crippen molar-refractivity contribution in [3.8, 4) is 11.8 Å². The van der Waals surface area contributed by atoms with Gasteiger partial charge < -0.3 is 9.84 Å². The van der Waals surface area contributed by atoms with E-state index in [4.69, 9.17) is 9.84 Å². The van der Waals surface area contributed by atoms with E-state index in [2.05, 4.69) is 11.8 Å². The number of aliphatic hydroxyl groups is 1. The second-order valence-electron chi connectivity index (χ2n) is 1.90. The molecule has 1 heterocycles. The molecule has 0 aromatic rings. The maximum Gasteiger partial charge on any atom is 0.171 e. The molecule has 0 radical (unpaired) electrons. The molecule has 0 unspecified atom stereocenters. The Morgan fingerprint density at radius 1 is 1.62 bits per heavy atom. The molecule has 0 spiro atoms. The topological polar surface area (TPSA) is 29.5 Å². The quantitative estimate of drug-likeness (QED) is 0.439. The van der Waals surface area contributed by atoms with Crippen LogP contribution in [0.4, 0.5) is 0 Å². The molecule has 2 heteroatoms. The molecule has 0 aromatic carbocycles. The van der Waals surface area contributed by atoms with Crippen molar-refractivity contribution in [2.24, 2.45) is 0 Å². The fourth-order valence-electron chi connectivity index (χ4n) is 0.600. The third-order valence-electron chi connectivity index (χ3n) is 1.04. The van der Waals surface area contributed by atoms with Gasteiger partial charge in [0.05, 0.1) is 13.2 Å². The van der Waals surface area contributed by atoms with Gasteiger partial charge in [-0.2, -0.15) is 0 Å². The molecule has 1 N–H and O–H groups in total. The summed E-state index contributed by atoms with van der Waals surface area (Å²) in [5, 5.41) is 9.11. The van der Waals surface area contributed by atoms with E-state index >= 15 is 0 Å². The lowest BCUT2D eigenvalue weighted by Crippen LogP contribution is -2.48. The number of hydrogen-bond acceptors (Lipinski definition) is 2. The third-order valence-corrected chi connectivity index (χ3v) is 1.04. The van der Waals surface area contributed by atoms with Gasteiger partial charge in [-0.3, -0.25) is 0 Å². The summed E-state index contributed by atoms with van der Waals surface area (Å²) in [6.07, 6.45) is 0. The van der Waals surface area contributed by atoms with Crippen LogP contribution >= 0.6 is 0 Å². The largest absolute Gasteiger partial charge is 0.373 e. The molecule has 1 rings (SSSR count). The van der Waals surface area contributed by atoms with Crippen molar-refractivity contribution < 1.29 is 9.84 Å². The Morgan fingerprint density at radius 3 is 2.38 bits per heavy atom. The summed E-state index contributed by atoms with van der Waals surface area (Å²) in [5.74, 6) is 5.27. The fraction of sp³-hybridized carbons (Fsp3) is 0.667. The Bertz CT molecular complexity index is 136. The normalized spacial score (nSPS) is 22.8. The van der Waals surface area contributed by atoms with E-state index < -0.39 is 5.60 Å². The van der Waals surface area contributed by atoms with E-state index in [0.29, 0.717) is 13.2 Å². The first-order valence-corrected chi connectivity index (χ1v) is 2.51. The molecule has 0 aromatic heterocycles. The zero-order valence-corrected chi connectivity index (χ0v) is 4.77. The van der Waals surface area contributed by atoms with E-state index in [9.17, 15) is 0 Å². The summed E-state index contributed by atoms with van der Waals surface area (Å²) in [6.45, 7) is 2.44. The van der Waals surface area contributed by atoms with Crippen LogP contribution in [-0.4, -0.2) is 23.9 Å². The molecular formula is C6H8O2. The number of hydrogen-bond donors (Lipinski definition) is 1. The fourth-order valence-corrected chi connectivity index (χ4v) is 0.600. The molecule has 8 heavy (non-hydrogen) atoms. The van der Waals surface area contributed by atoms with Crippen molar-refractivity contribution in [1.29, 1.82) is 0 Å². The van der Waals surface area contributed by atoms with E-state index in [1.54, 1.807) is 6.92 Å². The van der Waals surface area contributed by atoms with Crippen molar-refractivity contribution in [3.63, 3.8) is 0 Å². The van der Waals surface area contributed by atoms with E-state index in [0.717, 1.165) is 0 Å². The summed E-state index contributed by atoms with van der Waals surface area (Å²) in [7, 11) is 0. The number of rotatable bonds is 0. The van der Waals surface area contributed by atoms with Gasteiger partial charge in [0, 0.05) is 0 Å². The van der Waals surface area contributed by atoms with Crippen molar-refractivity contribution in [1.82, 2.24) is 0 Å². The number of ether oxygens (including phenoxy) is 1. The highest BCUT2D eigenvalue weighted by Crippen LogP contribution is 2.13. The highest BCUT2D eigenvalue weighted by Gasteiger charge is 2.33. The molecule has 1 aliphatic rings. The van der Waals surface area contributed by atoms with Gasteiger partial charge in [0.15, 0.2) is 5.60 Å². The lowest BCUT2D eigenvalue weighted by atomic mass is 10.0. The van der Waals surface area contributed by atoms with Gasteiger partial charge in [-0.25, -0.2) is 0 Å². The maximum atomic E-state index is 9.11. The van der Waals surface area contributed by atoms with Crippen LogP contribution in [0.2, 0.25) is 0 Å². The van der Waals surface area contributed by atoms with Gasteiger partial charge in [0.25, 0.3) is 0 Å². The highest BCUT2D eigenvalue weighted by atomic mass is 16.5. The predicted molar refractivity (Wildman–Crippen MR) is 29.2 cm³/mol. The molecule has 0 atom stereocenters. The SMILES string of the molecule is CC#CC1(O)COC1. The molecule has 44 valence electrons. The van der Waals surface area contributed by atoms with Crippen LogP contribution in [0.5, 0.6) is 0 Å². The second kappa shape index (κ2) is 1.77. The van der Waals surface area contributed by atoms with E-state index in [-0.39, 0.29) is 0 Å². The Balaban J connectivity index is 2.49. The van der Waals surface area contributed by atoms with Crippen molar-refractivity contribution >= 4 is 0 Å². The highest BCUT2D eigenvalue weighted by molar-refractivity contribution is 5.15. The van der Waals surface area contributed by atoms with Crippen molar-refractivity contribution in [2.45, 2.75) is 12.5 Å². The molecule has 1 fully saturated rings. The van der Waals surface area contributed by atoms with Gasteiger partial charge in [0.1, 0.15) is 0 Å². The Kier molecular flexibility index (Phi) is 1.24. The zero-order valence-electron chi connectivity index (χ0n) is 4.77. The Labute approximate surface area is 48.5 Å². The summed E-state index contributed by atoms with van der Waals surface area (Å²) in [5.41, 5.74) is -0.811. The van der Waals surface area contributed by atoms with Gasteiger partial charge in [-0.15, -0.1) is 5.92 Å². The summed E-state index contributed by atoms with van der Waals surface area (Å²) in [6, 6.07) is 0. The smallest absolute Gasteiger partial charge is 0.171 e. The molecule has 1 saturated heterocycles. The molecular weight excluding hydrogens is 104 g/mol. The molecule has 0 amide bonds. The van der Waals surface area contributed by atoms with Gasteiger partial charge in [0.2, 0.25) is 0 Å². The van der Waals surface area contributed by atoms with Gasteiger partial charge in [-0.05, 0) is 6.92 Å². The third kappa shape index (κ3) is 0.835. The van der Waals surface area contributed by atoms with Crippen LogP contribution < -0.4 is 0 Å². The molecule has 0 saturated carbocycles. The Hall–Kier alpha value is -0.520. The van der Waals surface area contributed by atoms with Crippen LogP contribution in [-0.2, 0) is 4.74 Å². The zero-order chi connectivity index (χ0) is 6.04. The lowest BCUT2D eigenvalue weighted by molar-refractivity contribution is -0.140. The minimum atomic E-state index is -0.811. The van der Waals surface area contributed by atoms with E-state index in [1.807, 2.05) is 0 Å². The van der Waals surface area contributed by atoms with Crippen LogP contribution in [0.15, 0.2) is 0 Å². The van der Waals surface area contributed by atoms with Crippen LogP contribution in [0.3, 0.4) is 0 Å². The first-order valence-electron chi connectivity index (χ1n) is 2.51. The average Bonchev–Trinajstić information content (AvgIpc) is 1.64. The van der Waals surface area contributed by atoms with Crippen molar-refractivity contribution in [3.05, 3.63) is 0 Å². The summed E-state index contributed by atoms with van der Waals surface area (Å²) in [4.78, 5) is 0. The van der Waals surface area contributed by atoms with E-state index in [1.165, 1.54) is 0 Å².